The van der Waals surface area contributed by atoms with Crippen LogP contribution >= 0.6 is 11.3 Å². The van der Waals surface area contributed by atoms with Crippen LogP contribution in [-0.2, 0) is 13.2 Å². The second kappa shape index (κ2) is 9.33. The van der Waals surface area contributed by atoms with E-state index in [1.165, 1.54) is 23.5 Å². The van der Waals surface area contributed by atoms with Gasteiger partial charge < -0.3 is 9.47 Å². The summed E-state index contributed by atoms with van der Waals surface area (Å²) in [5, 5.41) is 2.72. The van der Waals surface area contributed by atoms with Crippen molar-refractivity contribution >= 4 is 17.1 Å². The molecule has 1 heterocycles. The number of hydrogen-bond acceptors (Lipinski definition) is 5. The molecule has 0 saturated heterocycles. The molecule has 1 aromatic heterocycles. The van der Waals surface area contributed by atoms with Crippen LogP contribution in [0.15, 0.2) is 84.2 Å². The molecule has 0 N–H and O–H groups in total. The molecule has 30 heavy (non-hydrogen) atoms. The normalized spacial score (nSPS) is 10.6. The number of benzene rings is 3. The van der Waals surface area contributed by atoms with Crippen LogP contribution in [-0.4, -0.2) is 10.8 Å². The van der Waals surface area contributed by atoms with Crippen molar-refractivity contribution < 1.29 is 18.7 Å². The summed E-state index contributed by atoms with van der Waals surface area (Å²) in [5.41, 5.74) is 2.06. The third-order valence-electron chi connectivity index (χ3n) is 4.31. The topological polar surface area (TPSA) is 48.4 Å². The maximum Gasteiger partial charge on any atom is 0.193 e. The number of halogens is 1. The number of hydrogen-bond donors (Lipinski definition) is 0. The lowest BCUT2D eigenvalue weighted by atomic mass is 10.0. The average molecular weight is 419 g/mol. The Labute approximate surface area is 177 Å². The molecule has 0 aliphatic rings. The molecule has 4 nitrogen and oxygen atoms in total. The van der Waals surface area contributed by atoms with E-state index in [2.05, 4.69) is 4.98 Å². The summed E-state index contributed by atoms with van der Waals surface area (Å²) in [6.07, 6.45) is 0. The fourth-order valence-electron chi connectivity index (χ4n) is 2.77. The van der Waals surface area contributed by atoms with Gasteiger partial charge in [-0.15, -0.1) is 11.3 Å². The Hall–Kier alpha value is -3.51. The molecule has 4 aromatic rings. The Morgan fingerprint density at radius 2 is 1.40 bits per heavy atom. The molecule has 0 atom stereocenters. The van der Waals surface area contributed by atoms with Gasteiger partial charge in [-0.25, -0.2) is 9.37 Å². The van der Waals surface area contributed by atoms with Crippen molar-refractivity contribution in [3.8, 4) is 11.5 Å². The van der Waals surface area contributed by atoms with Gasteiger partial charge in [0.15, 0.2) is 5.78 Å². The molecule has 0 spiro atoms. The van der Waals surface area contributed by atoms with Crippen LogP contribution in [0.2, 0.25) is 0 Å². The van der Waals surface area contributed by atoms with Gasteiger partial charge in [-0.1, -0.05) is 30.3 Å². The Bertz CT molecular complexity index is 1110. The lowest BCUT2D eigenvalue weighted by Gasteiger charge is -2.06. The Morgan fingerprint density at radius 1 is 0.800 bits per heavy atom. The summed E-state index contributed by atoms with van der Waals surface area (Å²) >= 11 is 1.48. The highest BCUT2D eigenvalue weighted by atomic mass is 32.1. The van der Waals surface area contributed by atoms with Gasteiger partial charge in [-0.05, 0) is 48.5 Å². The van der Waals surface area contributed by atoms with Crippen molar-refractivity contribution in [3.05, 3.63) is 112 Å². The minimum Gasteiger partial charge on any atom is -0.487 e. The van der Waals surface area contributed by atoms with Crippen molar-refractivity contribution in [3.63, 3.8) is 0 Å². The van der Waals surface area contributed by atoms with Crippen molar-refractivity contribution in [1.82, 2.24) is 4.98 Å². The smallest absolute Gasteiger partial charge is 0.193 e. The minimum atomic E-state index is -0.298. The molecule has 0 saturated carbocycles. The highest BCUT2D eigenvalue weighted by molar-refractivity contribution is 7.09. The van der Waals surface area contributed by atoms with E-state index in [1.807, 2.05) is 23.6 Å². The lowest BCUT2D eigenvalue weighted by Crippen LogP contribution is -2.01. The van der Waals surface area contributed by atoms with Gasteiger partial charge in [-0.3, -0.25) is 4.79 Å². The van der Waals surface area contributed by atoms with Gasteiger partial charge in [0.1, 0.15) is 35.5 Å². The van der Waals surface area contributed by atoms with Crippen LogP contribution in [0.25, 0.3) is 0 Å². The number of carbonyl (C=O) groups is 1. The molecule has 150 valence electrons. The zero-order valence-corrected chi connectivity index (χ0v) is 16.8. The van der Waals surface area contributed by atoms with Crippen LogP contribution in [0.5, 0.6) is 11.5 Å². The van der Waals surface area contributed by atoms with E-state index < -0.39 is 0 Å². The minimum absolute atomic E-state index is 0.0209. The van der Waals surface area contributed by atoms with Gasteiger partial charge in [0.25, 0.3) is 0 Å². The fraction of sp³-hybridized carbons (Fsp3) is 0.0833. The molecule has 0 unspecified atom stereocenters. The van der Waals surface area contributed by atoms with E-state index in [1.54, 1.807) is 48.5 Å². The number of rotatable bonds is 8. The molecule has 0 bridgehead atoms. The predicted molar refractivity (Wildman–Crippen MR) is 113 cm³/mol. The van der Waals surface area contributed by atoms with Gasteiger partial charge in [-0.2, -0.15) is 0 Å². The van der Waals surface area contributed by atoms with Crippen LogP contribution in [0.4, 0.5) is 4.39 Å². The molecule has 0 radical (unpaired) electrons. The molecule has 3 aromatic carbocycles. The van der Waals surface area contributed by atoms with Crippen molar-refractivity contribution in [1.29, 1.82) is 0 Å². The average Bonchev–Trinajstić information content (AvgIpc) is 3.26. The maximum atomic E-state index is 12.9. The quantitative estimate of drug-likeness (QED) is 0.345. The molecular weight excluding hydrogens is 401 g/mol. The largest absolute Gasteiger partial charge is 0.487 e. The van der Waals surface area contributed by atoms with E-state index in [4.69, 9.17) is 9.47 Å². The van der Waals surface area contributed by atoms with E-state index >= 15 is 0 Å². The molecule has 0 amide bonds. The highest BCUT2D eigenvalue weighted by Gasteiger charge is 2.09. The lowest BCUT2D eigenvalue weighted by molar-refractivity contribution is 0.103. The number of carbonyl (C=O) groups excluding carboxylic acids is 1. The van der Waals surface area contributed by atoms with Crippen molar-refractivity contribution in [2.45, 2.75) is 13.2 Å². The molecular formula is C24H18FNO3S. The van der Waals surface area contributed by atoms with E-state index in [0.717, 1.165) is 10.7 Å². The predicted octanol–water partition coefficient (Wildman–Crippen LogP) is 5.67. The molecule has 4 rings (SSSR count). The van der Waals surface area contributed by atoms with E-state index in [0.29, 0.717) is 35.8 Å². The second-order valence-electron chi connectivity index (χ2n) is 6.48. The monoisotopic (exact) mass is 419 g/mol. The zero-order valence-electron chi connectivity index (χ0n) is 16.0. The Morgan fingerprint density at radius 3 is 2.10 bits per heavy atom. The third kappa shape index (κ3) is 5.10. The summed E-state index contributed by atoms with van der Waals surface area (Å²) in [6.45, 7) is 0.631. The second-order valence-corrected chi connectivity index (χ2v) is 7.43. The molecule has 0 aliphatic heterocycles. The number of nitrogens with zero attached hydrogens (tertiary/aromatic N) is 1. The summed E-state index contributed by atoms with van der Waals surface area (Å²) in [6, 6.07) is 22.1. The number of thiazole rings is 1. The van der Waals surface area contributed by atoms with Crippen LogP contribution < -0.4 is 9.47 Å². The first-order valence-corrected chi connectivity index (χ1v) is 10.2. The Balaban J connectivity index is 1.29. The third-order valence-corrected chi connectivity index (χ3v) is 5.19. The zero-order chi connectivity index (χ0) is 20.8. The van der Waals surface area contributed by atoms with E-state index in [-0.39, 0.29) is 11.6 Å². The van der Waals surface area contributed by atoms with Crippen molar-refractivity contribution in [2.24, 2.45) is 0 Å². The first-order valence-electron chi connectivity index (χ1n) is 9.31. The first kappa shape index (κ1) is 19.8. The SMILES string of the molecule is O=C(c1ccccc1)c1ccc(OCc2csc(COc3ccc(F)cc3)n2)cc1. The molecule has 0 fully saturated rings. The van der Waals surface area contributed by atoms with Crippen LogP contribution in [0, 0.1) is 5.82 Å². The van der Waals surface area contributed by atoms with Gasteiger partial charge >= 0.3 is 0 Å². The summed E-state index contributed by atoms with van der Waals surface area (Å²) in [5.74, 6) is 0.937. The summed E-state index contributed by atoms with van der Waals surface area (Å²) in [7, 11) is 0. The van der Waals surface area contributed by atoms with Gasteiger partial charge in [0.05, 0.1) is 5.69 Å². The number of ketones is 1. The first-order chi connectivity index (χ1) is 14.7. The van der Waals surface area contributed by atoms with Crippen LogP contribution in [0.3, 0.4) is 0 Å². The summed E-state index contributed by atoms with van der Waals surface area (Å²) < 4.78 is 24.3. The van der Waals surface area contributed by atoms with E-state index in [9.17, 15) is 9.18 Å². The Kier molecular flexibility index (Phi) is 6.15. The highest BCUT2D eigenvalue weighted by Crippen LogP contribution is 2.19. The van der Waals surface area contributed by atoms with Gasteiger partial charge in [0, 0.05) is 16.5 Å². The molecule has 0 aliphatic carbocycles. The standard InChI is InChI=1S/C24H18FNO3S/c25-19-8-12-22(13-9-19)29-15-23-26-20(16-30-23)14-28-21-10-6-18(7-11-21)24(27)17-4-2-1-3-5-17/h1-13,16H,14-15H2. The number of ether oxygens (including phenoxy) is 2. The molecule has 6 heteroatoms. The van der Waals surface area contributed by atoms with Gasteiger partial charge in [0.2, 0.25) is 0 Å². The van der Waals surface area contributed by atoms with Crippen LogP contribution in [0.1, 0.15) is 26.6 Å². The summed E-state index contributed by atoms with van der Waals surface area (Å²) in [4.78, 5) is 16.9. The maximum absolute atomic E-state index is 12.9. The number of aromatic nitrogens is 1. The fourth-order valence-corrected chi connectivity index (χ4v) is 3.46. The van der Waals surface area contributed by atoms with Crippen molar-refractivity contribution in [2.75, 3.05) is 0 Å².